The van der Waals surface area contributed by atoms with E-state index in [1.54, 1.807) is 53.4 Å². The third kappa shape index (κ3) is 6.22. The molecule has 0 saturated carbocycles. The fourth-order valence-corrected chi connectivity index (χ4v) is 3.01. The van der Waals surface area contributed by atoms with Gasteiger partial charge in [-0.05, 0) is 48.4 Å². The minimum absolute atomic E-state index is 0.0713. The van der Waals surface area contributed by atoms with Crippen molar-refractivity contribution in [1.29, 1.82) is 0 Å². The standard InChI is InChI=1S/C21H22ClN3O4/c22-17-7-9-18(10-8-17)29-14-15-3-5-16(6-4-15)21(28)24-23-19(26)11-13-25-12-1-2-20(25)27/h3-10H,1-2,11-14H2,(H,23,26)(H,24,28). The van der Waals surface area contributed by atoms with E-state index in [1.807, 2.05) is 0 Å². The Kier molecular flexibility index (Phi) is 7.08. The maximum Gasteiger partial charge on any atom is 0.269 e. The third-order valence-corrected chi connectivity index (χ3v) is 4.78. The fraction of sp³-hybridized carbons (Fsp3) is 0.286. The Balaban J connectivity index is 1.40. The minimum atomic E-state index is -0.416. The Morgan fingerprint density at radius 2 is 1.76 bits per heavy atom. The van der Waals surface area contributed by atoms with Crippen LogP contribution in [-0.2, 0) is 16.2 Å². The van der Waals surface area contributed by atoms with E-state index in [0.29, 0.717) is 42.5 Å². The van der Waals surface area contributed by atoms with Crippen LogP contribution in [0.2, 0.25) is 5.02 Å². The Labute approximate surface area is 173 Å². The predicted octanol–water partition coefficient (Wildman–Crippen LogP) is 2.69. The molecule has 1 aliphatic rings. The van der Waals surface area contributed by atoms with Crippen LogP contribution in [0.3, 0.4) is 0 Å². The number of carbonyl (C=O) groups excluding carboxylic acids is 3. The number of hydrazine groups is 1. The number of carbonyl (C=O) groups is 3. The molecule has 0 atom stereocenters. The summed E-state index contributed by atoms with van der Waals surface area (Å²) in [5.74, 6) is 0.0170. The van der Waals surface area contributed by atoms with Crippen LogP contribution in [0.1, 0.15) is 35.2 Å². The highest BCUT2D eigenvalue weighted by Crippen LogP contribution is 2.17. The lowest BCUT2D eigenvalue weighted by Crippen LogP contribution is -2.43. The van der Waals surface area contributed by atoms with Gasteiger partial charge < -0.3 is 9.64 Å². The zero-order valence-corrected chi connectivity index (χ0v) is 16.6. The van der Waals surface area contributed by atoms with Gasteiger partial charge in [-0.25, -0.2) is 0 Å². The number of halogens is 1. The molecule has 2 N–H and O–H groups in total. The molecule has 1 saturated heterocycles. The molecule has 2 aromatic carbocycles. The number of nitrogens with zero attached hydrogens (tertiary/aromatic N) is 1. The normalized spacial score (nSPS) is 13.3. The van der Waals surface area contributed by atoms with Crippen LogP contribution in [0.5, 0.6) is 5.75 Å². The van der Waals surface area contributed by atoms with Gasteiger partial charge in [-0.3, -0.25) is 25.2 Å². The molecule has 0 radical (unpaired) electrons. The highest BCUT2D eigenvalue weighted by molar-refractivity contribution is 6.30. The molecule has 152 valence electrons. The molecule has 29 heavy (non-hydrogen) atoms. The lowest BCUT2D eigenvalue weighted by Gasteiger charge is -2.15. The van der Waals surface area contributed by atoms with Crippen molar-refractivity contribution in [1.82, 2.24) is 15.8 Å². The van der Waals surface area contributed by atoms with Crippen LogP contribution in [-0.4, -0.2) is 35.7 Å². The quantitative estimate of drug-likeness (QED) is 0.680. The van der Waals surface area contributed by atoms with E-state index < -0.39 is 5.91 Å². The van der Waals surface area contributed by atoms with E-state index in [0.717, 1.165) is 12.0 Å². The summed E-state index contributed by atoms with van der Waals surface area (Å²) < 4.78 is 5.66. The molecule has 3 rings (SSSR count). The predicted molar refractivity (Wildman–Crippen MR) is 108 cm³/mol. The van der Waals surface area contributed by atoms with Crippen LogP contribution in [0, 0.1) is 0 Å². The van der Waals surface area contributed by atoms with Crippen molar-refractivity contribution in [3.8, 4) is 5.75 Å². The van der Waals surface area contributed by atoms with Gasteiger partial charge in [0, 0.05) is 36.5 Å². The Morgan fingerprint density at radius 1 is 1.03 bits per heavy atom. The topological polar surface area (TPSA) is 87.7 Å². The molecular weight excluding hydrogens is 394 g/mol. The smallest absolute Gasteiger partial charge is 0.269 e. The maximum atomic E-state index is 12.2. The van der Waals surface area contributed by atoms with Gasteiger partial charge in [0.15, 0.2) is 0 Å². The average molecular weight is 416 g/mol. The van der Waals surface area contributed by atoms with Gasteiger partial charge >= 0.3 is 0 Å². The lowest BCUT2D eigenvalue weighted by molar-refractivity contribution is -0.128. The largest absolute Gasteiger partial charge is 0.489 e. The van der Waals surface area contributed by atoms with Crippen molar-refractivity contribution >= 4 is 29.3 Å². The SMILES string of the molecule is O=C(CCN1CCCC1=O)NNC(=O)c1ccc(COc2ccc(Cl)cc2)cc1. The van der Waals surface area contributed by atoms with Crippen molar-refractivity contribution in [3.05, 3.63) is 64.7 Å². The first kappa shape index (κ1) is 20.7. The second-order valence-electron chi connectivity index (χ2n) is 6.68. The molecule has 2 aromatic rings. The number of ether oxygens (including phenoxy) is 1. The van der Waals surface area contributed by atoms with Crippen molar-refractivity contribution in [2.45, 2.75) is 25.9 Å². The van der Waals surface area contributed by atoms with E-state index in [2.05, 4.69) is 10.9 Å². The Morgan fingerprint density at radius 3 is 2.41 bits per heavy atom. The zero-order valence-electron chi connectivity index (χ0n) is 15.8. The zero-order chi connectivity index (χ0) is 20.6. The van der Waals surface area contributed by atoms with Gasteiger partial charge in [-0.15, -0.1) is 0 Å². The Hall–Kier alpha value is -3.06. The fourth-order valence-electron chi connectivity index (χ4n) is 2.89. The van der Waals surface area contributed by atoms with Gasteiger partial charge in [-0.1, -0.05) is 23.7 Å². The van der Waals surface area contributed by atoms with Crippen molar-refractivity contribution in [2.75, 3.05) is 13.1 Å². The molecule has 1 heterocycles. The molecule has 0 spiro atoms. The second-order valence-corrected chi connectivity index (χ2v) is 7.11. The number of benzene rings is 2. The molecule has 0 unspecified atom stereocenters. The minimum Gasteiger partial charge on any atom is -0.489 e. The lowest BCUT2D eigenvalue weighted by atomic mass is 10.1. The van der Waals surface area contributed by atoms with Gasteiger partial charge in [0.05, 0.1) is 0 Å². The number of hydrogen-bond donors (Lipinski definition) is 2. The van der Waals surface area contributed by atoms with Crippen LogP contribution in [0.25, 0.3) is 0 Å². The molecule has 1 fully saturated rings. The molecular formula is C21H22ClN3O4. The summed E-state index contributed by atoms with van der Waals surface area (Å²) in [5.41, 5.74) is 6.07. The highest BCUT2D eigenvalue weighted by atomic mass is 35.5. The van der Waals surface area contributed by atoms with Gasteiger partial charge in [0.25, 0.3) is 5.91 Å². The molecule has 1 aliphatic heterocycles. The third-order valence-electron chi connectivity index (χ3n) is 4.53. The van der Waals surface area contributed by atoms with Crippen molar-refractivity contribution in [2.24, 2.45) is 0 Å². The van der Waals surface area contributed by atoms with Crippen LogP contribution < -0.4 is 15.6 Å². The molecule has 0 bridgehead atoms. The summed E-state index contributed by atoms with van der Waals surface area (Å²) in [6.45, 7) is 1.41. The van der Waals surface area contributed by atoms with E-state index in [-0.39, 0.29) is 18.2 Å². The summed E-state index contributed by atoms with van der Waals surface area (Å²) in [7, 11) is 0. The average Bonchev–Trinajstić information content (AvgIpc) is 3.15. The first-order valence-electron chi connectivity index (χ1n) is 9.35. The summed E-state index contributed by atoms with van der Waals surface area (Å²) in [5, 5.41) is 0.643. The monoisotopic (exact) mass is 415 g/mol. The molecule has 0 aromatic heterocycles. The molecule has 3 amide bonds. The van der Waals surface area contributed by atoms with Gasteiger partial charge in [0.2, 0.25) is 11.8 Å². The number of nitrogens with one attached hydrogen (secondary N) is 2. The van der Waals surface area contributed by atoms with Crippen molar-refractivity contribution in [3.63, 3.8) is 0 Å². The molecule has 8 heteroatoms. The second kappa shape index (κ2) is 9.93. The first-order chi connectivity index (χ1) is 14.0. The number of likely N-dealkylation sites (tertiary alicyclic amines) is 1. The first-order valence-corrected chi connectivity index (χ1v) is 9.73. The summed E-state index contributed by atoms with van der Waals surface area (Å²) in [6.07, 6.45) is 1.52. The van der Waals surface area contributed by atoms with E-state index in [9.17, 15) is 14.4 Å². The maximum absolute atomic E-state index is 12.2. The van der Waals surface area contributed by atoms with Crippen molar-refractivity contribution < 1.29 is 19.1 Å². The number of rotatable bonds is 7. The summed E-state index contributed by atoms with van der Waals surface area (Å²) >= 11 is 5.84. The summed E-state index contributed by atoms with van der Waals surface area (Å²) in [6, 6.07) is 14.0. The van der Waals surface area contributed by atoms with E-state index in [4.69, 9.17) is 16.3 Å². The number of amides is 3. The number of hydrogen-bond acceptors (Lipinski definition) is 4. The van der Waals surface area contributed by atoms with Crippen LogP contribution in [0.4, 0.5) is 0 Å². The van der Waals surface area contributed by atoms with E-state index >= 15 is 0 Å². The molecule has 0 aliphatic carbocycles. The van der Waals surface area contributed by atoms with Crippen LogP contribution in [0.15, 0.2) is 48.5 Å². The van der Waals surface area contributed by atoms with Crippen LogP contribution >= 0.6 is 11.6 Å². The van der Waals surface area contributed by atoms with Gasteiger partial charge in [0.1, 0.15) is 12.4 Å². The Bertz CT molecular complexity index is 868. The summed E-state index contributed by atoms with van der Waals surface area (Å²) in [4.78, 5) is 37.2. The van der Waals surface area contributed by atoms with Gasteiger partial charge in [-0.2, -0.15) is 0 Å². The van der Waals surface area contributed by atoms with E-state index in [1.165, 1.54) is 0 Å². The molecule has 7 nitrogen and oxygen atoms in total. The highest BCUT2D eigenvalue weighted by Gasteiger charge is 2.20.